The van der Waals surface area contributed by atoms with Crippen LogP contribution in [-0.4, -0.2) is 11.0 Å². The number of halogens is 6. The Labute approximate surface area is 175 Å². The van der Waals surface area contributed by atoms with Crippen LogP contribution in [0.25, 0.3) is 6.08 Å². The molecule has 0 spiro atoms. The van der Waals surface area contributed by atoms with Crippen LogP contribution in [-0.2, 0) is 23.3 Å². The summed E-state index contributed by atoms with van der Waals surface area (Å²) in [7, 11) is -4.84. The van der Waals surface area contributed by atoms with Crippen LogP contribution < -0.4 is 15.3 Å². The predicted octanol–water partition coefficient (Wildman–Crippen LogP) is 5.94. The molecule has 0 radical (unpaired) electrons. The normalized spacial score (nSPS) is 14.4. The number of benzene rings is 2. The van der Waals surface area contributed by atoms with Crippen molar-refractivity contribution in [1.82, 2.24) is 0 Å². The second-order valence-electron chi connectivity index (χ2n) is 7.04. The number of hydrogen-bond acceptors (Lipinski definition) is 2. The second-order valence-corrected chi connectivity index (χ2v) is 9.19. The molecule has 0 aliphatic rings. The Balaban J connectivity index is 2.80. The Morgan fingerprint density at radius 1 is 1.06 bits per heavy atom. The summed E-state index contributed by atoms with van der Waals surface area (Å²) in [4.78, 5) is 10.8. The lowest BCUT2D eigenvalue weighted by Gasteiger charge is -2.22. The first-order chi connectivity index (χ1) is 14.1. The molecule has 0 aromatic heterocycles. The smallest absolute Gasteiger partial charge is 0.416 e. The number of alkyl halides is 6. The molecule has 10 heteroatoms. The minimum absolute atomic E-state index is 0.0843. The maximum atomic E-state index is 13.3. The van der Waals surface area contributed by atoms with E-state index in [1.54, 1.807) is 20.8 Å². The van der Waals surface area contributed by atoms with Crippen LogP contribution in [0.5, 0.6) is 5.75 Å². The zero-order valence-corrected chi connectivity index (χ0v) is 17.8. The van der Waals surface area contributed by atoms with Gasteiger partial charge in [0, 0.05) is 16.2 Å². The van der Waals surface area contributed by atoms with Gasteiger partial charge in [-0.25, -0.2) is 0 Å². The van der Waals surface area contributed by atoms with E-state index in [9.17, 15) is 35.8 Å². The standard InChI is InChI=1S/C21H21F6O3P/c1-5-16-17(6-2)19(8-7-18(16)30-12(3)4)31(28,29)15-10-13(20(22,23)24)9-14(11-15)21(25,26)27/h5,7-12H,1,6H2,2-4H3,(H,28,29). The molecule has 1 atom stereocenters. The van der Waals surface area contributed by atoms with Gasteiger partial charge in [0.05, 0.1) is 17.2 Å². The van der Waals surface area contributed by atoms with Crippen molar-refractivity contribution in [3.63, 3.8) is 0 Å². The third kappa shape index (κ3) is 5.33. The van der Waals surface area contributed by atoms with E-state index >= 15 is 0 Å². The summed E-state index contributed by atoms with van der Waals surface area (Å²) < 4.78 is 98.1. The third-order valence-corrected chi connectivity index (χ3v) is 6.49. The van der Waals surface area contributed by atoms with Crippen molar-refractivity contribution in [3.05, 3.63) is 59.2 Å². The summed E-state index contributed by atoms with van der Waals surface area (Å²) in [5.74, 6) is 0.339. The molecule has 0 aliphatic heterocycles. The van der Waals surface area contributed by atoms with E-state index in [1.807, 2.05) is 0 Å². The Bertz CT molecular complexity index is 993. The quantitative estimate of drug-likeness (QED) is 0.424. The minimum atomic E-state index is -5.13. The minimum Gasteiger partial charge on any atom is -0.490 e. The van der Waals surface area contributed by atoms with Crippen molar-refractivity contribution < 1.29 is 40.5 Å². The van der Waals surface area contributed by atoms with Gasteiger partial charge in [-0.3, -0.25) is 4.57 Å². The van der Waals surface area contributed by atoms with Gasteiger partial charge in [0.2, 0.25) is 0 Å². The van der Waals surface area contributed by atoms with E-state index in [0.717, 1.165) is 0 Å². The van der Waals surface area contributed by atoms with Crippen LogP contribution in [0.2, 0.25) is 0 Å². The highest BCUT2D eigenvalue weighted by molar-refractivity contribution is 7.73. The Morgan fingerprint density at radius 2 is 1.58 bits per heavy atom. The van der Waals surface area contributed by atoms with Gasteiger partial charge >= 0.3 is 12.4 Å². The summed E-state index contributed by atoms with van der Waals surface area (Å²) in [5, 5.41) is -1.23. The lowest BCUT2D eigenvalue weighted by molar-refractivity contribution is -0.142. The van der Waals surface area contributed by atoms with Crippen LogP contribution in [0, 0.1) is 0 Å². The molecule has 3 nitrogen and oxygen atoms in total. The summed E-state index contributed by atoms with van der Waals surface area (Å²) in [6.07, 6.45) is -8.97. The van der Waals surface area contributed by atoms with E-state index < -0.39 is 36.2 Å². The Hall–Kier alpha value is -2.25. The predicted molar refractivity (Wildman–Crippen MR) is 107 cm³/mol. The second kappa shape index (κ2) is 8.71. The number of rotatable bonds is 6. The summed E-state index contributed by atoms with van der Waals surface area (Å²) in [6, 6.07) is 3.02. The molecule has 0 heterocycles. The average molecular weight is 466 g/mol. The van der Waals surface area contributed by atoms with Crippen molar-refractivity contribution >= 4 is 24.1 Å². The maximum absolute atomic E-state index is 13.3. The molecule has 1 N–H and O–H groups in total. The first-order valence-electron chi connectivity index (χ1n) is 9.21. The van der Waals surface area contributed by atoms with Gasteiger partial charge in [-0.1, -0.05) is 19.6 Å². The fourth-order valence-corrected chi connectivity index (χ4v) is 4.95. The van der Waals surface area contributed by atoms with Crippen molar-refractivity contribution in [3.8, 4) is 5.75 Å². The highest BCUT2D eigenvalue weighted by Crippen LogP contribution is 2.45. The van der Waals surface area contributed by atoms with Gasteiger partial charge < -0.3 is 9.63 Å². The molecule has 0 amide bonds. The summed E-state index contributed by atoms with van der Waals surface area (Å²) >= 11 is 0. The summed E-state index contributed by atoms with van der Waals surface area (Å²) in [5.41, 5.74) is -2.71. The highest BCUT2D eigenvalue weighted by atomic mass is 31.2. The molecule has 2 aromatic carbocycles. The van der Waals surface area contributed by atoms with E-state index in [1.165, 1.54) is 18.2 Å². The van der Waals surface area contributed by atoms with Gasteiger partial charge in [-0.2, -0.15) is 26.3 Å². The molecule has 0 aliphatic carbocycles. The molecule has 2 rings (SSSR count). The van der Waals surface area contributed by atoms with Gasteiger partial charge in [0.1, 0.15) is 5.75 Å². The van der Waals surface area contributed by atoms with Crippen LogP contribution in [0.1, 0.15) is 43.0 Å². The average Bonchev–Trinajstić information content (AvgIpc) is 2.65. The van der Waals surface area contributed by atoms with E-state index in [4.69, 9.17) is 4.74 Å². The largest absolute Gasteiger partial charge is 0.490 e. The van der Waals surface area contributed by atoms with E-state index in [-0.39, 0.29) is 41.6 Å². The fraction of sp³-hybridized carbons (Fsp3) is 0.333. The van der Waals surface area contributed by atoms with Crippen LogP contribution in [0.3, 0.4) is 0 Å². The fourth-order valence-electron chi connectivity index (χ4n) is 3.12. The zero-order valence-electron chi connectivity index (χ0n) is 16.9. The third-order valence-electron chi connectivity index (χ3n) is 4.46. The van der Waals surface area contributed by atoms with Crippen molar-refractivity contribution in [2.45, 2.75) is 45.6 Å². The van der Waals surface area contributed by atoms with Crippen LogP contribution in [0.4, 0.5) is 26.3 Å². The number of ether oxygens (including phenoxy) is 1. The zero-order chi connectivity index (χ0) is 23.8. The highest BCUT2D eigenvalue weighted by Gasteiger charge is 2.40. The Kier molecular flexibility index (Phi) is 7.03. The SMILES string of the molecule is C=Cc1c(OC(C)C)ccc(P(=O)(O)c2cc(C(F)(F)F)cc(C(F)(F)F)c2)c1CC. The molecule has 31 heavy (non-hydrogen) atoms. The first kappa shape index (κ1) is 25.0. The van der Waals surface area contributed by atoms with Gasteiger partial charge in [0.25, 0.3) is 7.37 Å². The van der Waals surface area contributed by atoms with E-state index in [0.29, 0.717) is 11.3 Å². The van der Waals surface area contributed by atoms with Crippen LogP contribution in [0.15, 0.2) is 36.9 Å². The molecule has 0 fully saturated rings. The monoisotopic (exact) mass is 466 g/mol. The van der Waals surface area contributed by atoms with Crippen molar-refractivity contribution in [1.29, 1.82) is 0 Å². The van der Waals surface area contributed by atoms with E-state index in [2.05, 4.69) is 6.58 Å². The molecule has 1 unspecified atom stereocenters. The molecule has 0 saturated carbocycles. The molecule has 0 bridgehead atoms. The lowest BCUT2D eigenvalue weighted by atomic mass is 10.0. The van der Waals surface area contributed by atoms with Crippen molar-refractivity contribution in [2.24, 2.45) is 0 Å². The van der Waals surface area contributed by atoms with Gasteiger partial charge in [-0.15, -0.1) is 0 Å². The molecule has 0 saturated heterocycles. The van der Waals surface area contributed by atoms with Crippen molar-refractivity contribution in [2.75, 3.05) is 0 Å². The summed E-state index contributed by atoms with van der Waals surface area (Å²) in [6.45, 7) is 8.79. The maximum Gasteiger partial charge on any atom is 0.416 e. The molecular weight excluding hydrogens is 445 g/mol. The number of hydrogen-bond donors (Lipinski definition) is 1. The lowest BCUT2D eigenvalue weighted by Crippen LogP contribution is -2.24. The topological polar surface area (TPSA) is 46.5 Å². The molecule has 170 valence electrons. The van der Waals surface area contributed by atoms with Gasteiger partial charge in [-0.05, 0) is 56.2 Å². The van der Waals surface area contributed by atoms with Crippen LogP contribution >= 0.6 is 7.37 Å². The molecular formula is C21H21F6O3P. The molecule has 2 aromatic rings. The first-order valence-corrected chi connectivity index (χ1v) is 10.9. The van der Waals surface area contributed by atoms with Gasteiger partial charge in [0.15, 0.2) is 0 Å². The Morgan fingerprint density at radius 3 is 1.97 bits per heavy atom.